The van der Waals surface area contributed by atoms with Crippen LogP contribution in [0.1, 0.15) is 73.6 Å². The van der Waals surface area contributed by atoms with Crippen LogP contribution in [-0.2, 0) is 42.6 Å². The number of amides is 2. The summed E-state index contributed by atoms with van der Waals surface area (Å²) in [4.78, 5) is 39.7. The maximum absolute atomic E-state index is 13.6. The van der Waals surface area contributed by atoms with Crippen LogP contribution in [0.4, 0.5) is 10.5 Å². The molecule has 4 aromatic rings. The standard InChI is InChI=1S/C36H41ClN6O5/c1-20-21(10-8-11-22(20)33-40-26-17-43(18-28(26)47-33)36(5,6)29-19-46-29)23-12-9-13-24(30(23)37)39-32(44)31-38-25-16-42(15-14-27(25)41(31)7)34(45)48-35(2,3)4/h8-13,29H,14-19H2,1-7H3,(H,39,44). The van der Waals surface area contributed by atoms with Gasteiger partial charge in [0.1, 0.15) is 11.4 Å². The van der Waals surface area contributed by atoms with Crippen molar-refractivity contribution in [2.45, 2.75) is 84.8 Å². The molecule has 0 bridgehead atoms. The number of ether oxygens (including phenoxy) is 2. The Bertz CT molecular complexity index is 1910. The van der Waals surface area contributed by atoms with E-state index < -0.39 is 11.7 Å². The molecule has 2 aromatic heterocycles. The third kappa shape index (κ3) is 5.88. The fraction of sp³-hybridized carbons (Fsp3) is 0.444. The first-order valence-electron chi connectivity index (χ1n) is 16.3. The molecule has 3 aliphatic heterocycles. The number of benzene rings is 2. The summed E-state index contributed by atoms with van der Waals surface area (Å²) < 4.78 is 19.2. The molecule has 12 heteroatoms. The van der Waals surface area contributed by atoms with Gasteiger partial charge in [0.25, 0.3) is 5.91 Å². The van der Waals surface area contributed by atoms with Crippen molar-refractivity contribution in [3.63, 3.8) is 0 Å². The van der Waals surface area contributed by atoms with E-state index in [1.807, 2.05) is 65.1 Å². The Morgan fingerprint density at radius 1 is 0.979 bits per heavy atom. The number of rotatable bonds is 6. The van der Waals surface area contributed by atoms with Crippen LogP contribution in [0.25, 0.3) is 22.6 Å². The second-order valence-corrected chi connectivity index (χ2v) is 14.7. The summed E-state index contributed by atoms with van der Waals surface area (Å²) >= 11 is 6.99. The lowest BCUT2D eigenvalue weighted by atomic mass is 9.96. The molecule has 1 unspecified atom stereocenters. The number of aromatic nitrogens is 3. The van der Waals surface area contributed by atoms with Crippen LogP contribution in [0.3, 0.4) is 0 Å². The fourth-order valence-electron chi connectivity index (χ4n) is 6.61. The van der Waals surface area contributed by atoms with Gasteiger partial charge in [0.05, 0.1) is 47.9 Å². The molecule has 2 amide bonds. The Labute approximate surface area is 285 Å². The number of carbonyl (C=O) groups excluding carboxylic acids is 2. The molecule has 1 N–H and O–H groups in total. The number of nitrogens with zero attached hydrogens (tertiary/aromatic N) is 5. The Kier molecular flexibility index (Phi) is 7.92. The predicted octanol–water partition coefficient (Wildman–Crippen LogP) is 6.74. The highest BCUT2D eigenvalue weighted by Crippen LogP contribution is 2.41. The highest BCUT2D eigenvalue weighted by molar-refractivity contribution is 6.36. The number of carbonyl (C=O) groups is 2. The normalized spacial score (nSPS) is 17.7. The summed E-state index contributed by atoms with van der Waals surface area (Å²) in [5, 5.41) is 3.38. The number of anilines is 1. The number of hydrogen-bond acceptors (Lipinski definition) is 8. The maximum atomic E-state index is 13.6. The van der Waals surface area contributed by atoms with E-state index in [0.29, 0.717) is 41.8 Å². The van der Waals surface area contributed by atoms with Crippen molar-refractivity contribution in [3.05, 3.63) is 75.7 Å². The summed E-state index contributed by atoms with van der Waals surface area (Å²) in [6, 6.07) is 11.5. The van der Waals surface area contributed by atoms with E-state index in [1.54, 1.807) is 15.5 Å². The summed E-state index contributed by atoms with van der Waals surface area (Å²) in [7, 11) is 1.81. The molecule has 0 radical (unpaired) electrons. The summed E-state index contributed by atoms with van der Waals surface area (Å²) in [5.41, 5.74) is 5.90. The van der Waals surface area contributed by atoms with Crippen LogP contribution in [0.5, 0.6) is 0 Å². The minimum absolute atomic E-state index is 0.0744. The van der Waals surface area contributed by atoms with Crippen molar-refractivity contribution in [2.75, 3.05) is 18.5 Å². The van der Waals surface area contributed by atoms with Crippen molar-refractivity contribution < 1.29 is 23.5 Å². The molecule has 2 aromatic carbocycles. The minimum Gasteiger partial charge on any atom is -0.444 e. The van der Waals surface area contributed by atoms with E-state index in [2.05, 4.69) is 29.0 Å². The van der Waals surface area contributed by atoms with Crippen molar-refractivity contribution in [3.8, 4) is 22.6 Å². The summed E-state index contributed by atoms with van der Waals surface area (Å²) in [5.74, 6) is 1.33. The van der Waals surface area contributed by atoms with E-state index in [0.717, 1.165) is 52.6 Å². The zero-order valence-electron chi connectivity index (χ0n) is 28.4. The van der Waals surface area contributed by atoms with E-state index in [1.165, 1.54) is 0 Å². The second kappa shape index (κ2) is 11.7. The van der Waals surface area contributed by atoms with Crippen molar-refractivity contribution in [1.82, 2.24) is 24.3 Å². The molecule has 1 atom stereocenters. The average Bonchev–Trinajstić information content (AvgIpc) is 3.59. The number of epoxide rings is 1. The molecule has 11 nitrogen and oxygen atoms in total. The lowest BCUT2D eigenvalue weighted by Crippen LogP contribution is -2.45. The molecule has 3 aliphatic rings. The van der Waals surface area contributed by atoms with E-state index in [4.69, 9.17) is 30.5 Å². The Morgan fingerprint density at radius 3 is 2.40 bits per heavy atom. The van der Waals surface area contributed by atoms with Gasteiger partial charge in [0, 0.05) is 48.9 Å². The van der Waals surface area contributed by atoms with Crippen LogP contribution in [0, 0.1) is 6.92 Å². The van der Waals surface area contributed by atoms with Gasteiger partial charge >= 0.3 is 6.09 Å². The van der Waals surface area contributed by atoms with Crippen molar-refractivity contribution in [1.29, 1.82) is 0 Å². The molecule has 0 aliphatic carbocycles. The van der Waals surface area contributed by atoms with E-state index in [-0.39, 0.29) is 29.9 Å². The van der Waals surface area contributed by atoms with Crippen LogP contribution >= 0.6 is 11.6 Å². The van der Waals surface area contributed by atoms with Gasteiger partial charge in [0.15, 0.2) is 5.82 Å². The van der Waals surface area contributed by atoms with Gasteiger partial charge in [-0.25, -0.2) is 14.8 Å². The molecule has 48 heavy (non-hydrogen) atoms. The van der Waals surface area contributed by atoms with Crippen LogP contribution < -0.4 is 5.32 Å². The summed E-state index contributed by atoms with van der Waals surface area (Å²) in [6.45, 7) is 14.9. The first-order chi connectivity index (χ1) is 22.7. The fourth-order valence-corrected chi connectivity index (χ4v) is 6.89. The number of imidazole rings is 1. The van der Waals surface area contributed by atoms with Crippen LogP contribution in [0.15, 0.2) is 40.8 Å². The van der Waals surface area contributed by atoms with Gasteiger partial charge in [-0.15, -0.1) is 0 Å². The number of hydrogen-bond donors (Lipinski definition) is 1. The first kappa shape index (κ1) is 32.4. The van der Waals surface area contributed by atoms with Gasteiger partial charge in [-0.2, -0.15) is 0 Å². The summed E-state index contributed by atoms with van der Waals surface area (Å²) in [6.07, 6.45) is 0.418. The molecule has 0 spiro atoms. The molecule has 1 fully saturated rings. The van der Waals surface area contributed by atoms with E-state index in [9.17, 15) is 9.59 Å². The monoisotopic (exact) mass is 672 g/mol. The number of nitrogens with one attached hydrogen (secondary N) is 1. The molecule has 7 rings (SSSR count). The van der Waals surface area contributed by atoms with E-state index >= 15 is 0 Å². The quantitative estimate of drug-likeness (QED) is 0.224. The zero-order chi connectivity index (χ0) is 34.1. The molecule has 5 heterocycles. The SMILES string of the molecule is Cc1c(-c2nc3c(o2)CN(C(C)(C)C2CO2)C3)cccc1-c1cccc(NC(=O)c2nc3c(n2C)CCN(C(=O)OC(C)(C)C)C3)c1Cl. The number of oxazole rings is 1. The largest absolute Gasteiger partial charge is 0.444 e. The third-order valence-electron chi connectivity index (χ3n) is 9.60. The van der Waals surface area contributed by atoms with Crippen LogP contribution in [-0.4, -0.2) is 66.7 Å². The lowest BCUT2D eigenvalue weighted by molar-refractivity contribution is 0.0220. The average molecular weight is 673 g/mol. The van der Waals surface area contributed by atoms with Crippen molar-refractivity contribution in [2.24, 2.45) is 7.05 Å². The number of halogens is 1. The van der Waals surface area contributed by atoms with Gasteiger partial charge in [-0.05, 0) is 64.8 Å². The molecular weight excluding hydrogens is 632 g/mol. The lowest BCUT2D eigenvalue weighted by Gasteiger charge is -2.33. The second-order valence-electron chi connectivity index (χ2n) is 14.4. The zero-order valence-corrected chi connectivity index (χ0v) is 29.2. The molecular formula is C36H41ClN6O5. The Hall–Kier alpha value is -4.19. The van der Waals surface area contributed by atoms with Gasteiger partial charge in [-0.3, -0.25) is 9.69 Å². The highest BCUT2D eigenvalue weighted by Gasteiger charge is 2.46. The first-order valence-corrected chi connectivity index (χ1v) is 16.7. The highest BCUT2D eigenvalue weighted by atomic mass is 35.5. The van der Waals surface area contributed by atoms with Gasteiger partial charge in [0.2, 0.25) is 5.89 Å². The topological polar surface area (TPSA) is 118 Å². The Morgan fingerprint density at radius 2 is 1.69 bits per heavy atom. The number of fused-ring (bicyclic) bond motifs is 2. The Balaban J connectivity index is 1.09. The maximum Gasteiger partial charge on any atom is 0.410 e. The smallest absolute Gasteiger partial charge is 0.410 e. The van der Waals surface area contributed by atoms with Gasteiger partial charge in [-0.1, -0.05) is 35.9 Å². The van der Waals surface area contributed by atoms with Gasteiger partial charge < -0.3 is 28.7 Å². The third-order valence-corrected chi connectivity index (χ3v) is 10.0. The minimum atomic E-state index is -0.596. The molecule has 252 valence electrons. The molecule has 0 saturated carbocycles. The van der Waals surface area contributed by atoms with Crippen molar-refractivity contribution >= 4 is 29.3 Å². The van der Waals surface area contributed by atoms with Crippen LogP contribution in [0.2, 0.25) is 5.02 Å². The molecule has 1 saturated heterocycles. The predicted molar refractivity (Wildman–Crippen MR) is 182 cm³/mol.